The van der Waals surface area contributed by atoms with E-state index in [0.29, 0.717) is 12.4 Å². The van der Waals surface area contributed by atoms with Gasteiger partial charge in [-0.25, -0.2) is 4.68 Å². The van der Waals surface area contributed by atoms with Gasteiger partial charge in [0.25, 0.3) is 0 Å². The molecule has 6 heteroatoms. The number of aromatic nitrogens is 3. The summed E-state index contributed by atoms with van der Waals surface area (Å²) in [5, 5.41) is 7.37. The summed E-state index contributed by atoms with van der Waals surface area (Å²) in [6, 6.07) is 15.9. The molecule has 1 N–H and O–H groups in total. The summed E-state index contributed by atoms with van der Waals surface area (Å²) in [7, 11) is 1.69. The third-order valence-corrected chi connectivity index (χ3v) is 5.09. The molecule has 1 aliphatic heterocycles. The van der Waals surface area contributed by atoms with E-state index in [1.165, 1.54) is 5.56 Å². The van der Waals surface area contributed by atoms with Gasteiger partial charge >= 0.3 is 0 Å². The number of hydrogen-bond donors (Lipinski definition) is 1. The van der Waals surface area contributed by atoms with Crippen LogP contribution in [0.25, 0.3) is 0 Å². The summed E-state index contributed by atoms with van der Waals surface area (Å²) in [4.78, 5) is 17.0. The van der Waals surface area contributed by atoms with Crippen LogP contribution in [0.2, 0.25) is 0 Å². The largest absolute Gasteiger partial charge is 0.496 e. The van der Waals surface area contributed by atoms with E-state index < -0.39 is 0 Å². The van der Waals surface area contributed by atoms with E-state index in [1.807, 2.05) is 47.1 Å². The van der Waals surface area contributed by atoms with Crippen LogP contribution in [0.15, 0.2) is 48.5 Å². The lowest BCUT2D eigenvalue weighted by Gasteiger charge is -2.24. The van der Waals surface area contributed by atoms with Crippen LogP contribution in [0.1, 0.15) is 41.3 Å². The van der Waals surface area contributed by atoms with Crippen molar-refractivity contribution in [2.75, 3.05) is 12.4 Å². The summed E-state index contributed by atoms with van der Waals surface area (Å²) in [5.41, 5.74) is 3.27. The summed E-state index contributed by atoms with van der Waals surface area (Å²) in [6.45, 7) is 2.88. The number of amides is 1. The predicted octanol–water partition coefficient (Wildman–Crippen LogP) is 3.70. The molecule has 0 saturated heterocycles. The van der Waals surface area contributed by atoms with E-state index in [-0.39, 0.29) is 11.8 Å². The zero-order valence-electron chi connectivity index (χ0n) is 16.2. The number of methoxy groups -OCH3 is 1. The molecule has 0 bridgehead atoms. The number of rotatable bonds is 5. The maximum atomic E-state index is 12.4. The predicted molar refractivity (Wildman–Crippen MR) is 108 cm³/mol. The first kappa shape index (κ1) is 18.2. The topological polar surface area (TPSA) is 69.0 Å². The quantitative estimate of drug-likeness (QED) is 0.737. The van der Waals surface area contributed by atoms with E-state index in [4.69, 9.17) is 4.74 Å². The molecule has 0 aliphatic carbocycles. The fourth-order valence-electron chi connectivity index (χ4n) is 3.77. The molecule has 0 saturated carbocycles. The van der Waals surface area contributed by atoms with Gasteiger partial charge in [0.05, 0.1) is 13.5 Å². The van der Waals surface area contributed by atoms with Crippen molar-refractivity contribution >= 4 is 11.9 Å². The highest BCUT2D eigenvalue weighted by atomic mass is 16.5. The Kier molecular flexibility index (Phi) is 5.10. The van der Waals surface area contributed by atoms with Crippen LogP contribution in [0, 0.1) is 6.92 Å². The van der Waals surface area contributed by atoms with Crippen LogP contribution >= 0.6 is 0 Å². The average Bonchev–Trinajstić information content (AvgIpc) is 3.10. The lowest BCUT2D eigenvalue weighted by Crippen LogP contribution is -2.18. The van der Waals surface area contributed by atoms with Crippen LogP contribution in [0.5, 0.6) is 5.75 Å². The number of fused-ring (bicyclic) bond motifs is 1. The van der Waals surface area contributed by atoms with E-state index in [9.17, 15) is 4.79 Å². The van der Waals surface area contributed by atoms with Gasteiger partial charge in [-0.05, 0) is 31.4 Å². The van der Waals surface area contributed by atoms with Gasteiger partial charge in [0.15, 0.2) is 0 Å². The zero-order valence-corrected chi connectivity index (χ0v) is 16.2. The minimum absolute atomic E-state index is 0.107. The highest BCUT2D eigenvalue weighted by Crippen LogP contribution is 2.37. The van der Waals surface area contributed by atoms with Gasteiger partial charge in [0.2, 0.25) is 11.9 Å². The van der Waals surface area contributed by atoms with Gasteiger partial charge in [0.1, 0.15) is 11.6 Å². The fraction of sp³-hybridized carbons (Fsp3) is 0.318. The second kappa shape index (κ2) is 7.84. The van der Waals surface area contributed by atoms with Crippen molar-refractivity contribution in [3.8, 4) is 5.75 Å². The highest BCUT2D eigenvalue weighted by Gasteiger charge is 2.28. The van der Waals surface area contributed by atoms with Crippen molar-refractivity contribution in [2.45, 2.75) is 38.6 Å². The Morgan fingerprint density at radius 1 is 1.25 bits per heavy atom. The van der Waals surface area contributed by atoms with Gasteiger partial charge in [0, 0.05) is 18.0 Å². The van der Waals surface area contributed by atoms with E-state index >= 15 is 0 Å². The first-order valence-electron chi connectivity index (χ1n) is 9.57. The van der Waals surface area contributed by atoms with Crippen LogP contribution in [0.4, 0.5) is 5.95 Å². The molecule has 4 rings (SSSR count). The van der Waals surface area contributed by atoms with Crippen LogP contribution in [-0.2, 0) is 17.8 Å². The molecule has 3 aromatic rings. The third kappa shape index (κ3) is 3.76. The Bertz CT molecular complexity index is 981. The van der Waals surface area contributed by atoms with Gasteiger partial charge in [-0.15, -0.1) is 5.10 Å². The molecule has 2 aromatic carbocycles. The number of carbonyl (C=O) groups excluding carboxylic acids is 1. The summed E-state index contributed by atoms with van der Waals surface area (Å²) < 4.78 is 7.49. The number of nitrogens with one attached hydrogen (secondary N) is 1. The second-order valence-electron chi connectivity index (χ2n) is 7.17. The normalized spacial score (nSPS) is 15.7. The number of carbonyl (C=O) groups is 1. The SMILES string of the molecule is COc1ccc(C)cc1C1CCCn2nc(NC(=O)Cc3ccccc3)nc21. The minimum atomic E-state index is -0.112. The smallest absolute Gasteiger partial charge is 0.249 e. The Morgan fingerprint density at radius 3 is 2.86 bits per heavy atom. The van der Waals surface area contributed by atoms with Crippen LogP contribution in [-0.4, -0.2) is 27.8 Å². The Hall–Kier alpha value is -3.15. The van der Waals surface area contributed by atoms with Crippen LogP contribution < -0.4 is 10.1 Å². The molecule has 1 atom stereocenters. The van der Waals surface area contributed by atoms with Crippen LogP contribution in [0.3, 0.4) is 0 Å². The summed E-state index contributed by atoms with van der Waals surface area (Å²) in [6.07, 6.45) is 2.30. The number of benzene rings is 2. The highest BCUT2D eigenvalue weighted by molar-refractivity contribution is 5.90. The van der Waals surface area contributed by atoms with Crippen molar-refractivity contribution in [2.24, 2.45) is 0 Å². The van der Waals surface area contributed by atoms with E-state index in [1.54, 1.807) is 7.11 Å². The molecule has 1 amide bonds. The molecule has 1 unspecified atom stereocenters. The standard InChI is InChI=1S/C22H24N4O2/c1-15-10-11-19(28-2)18(13-15)17-9-6-12-26-21(17)24-22(25-26)23-20(27)14-16-7-4-3-5-8-16/h3-5,7-8,10-11,13,17H,6,9,12,14H2,1-2H3,(H,23,25,27). The lowest BCUT2D eigenvalue weighted by atomic mass is 9.89. The van der Waals surface area contributed by atoms with Crippen molar-refractivity contribution in [3.05, 3.63) is 71.0 Å². The molecular weight excluding hydrogens is 352 g/mol. The lowest BCUT2D eigenvalue weighted by molar-refractivity contribution is -0.115. The first-order chi connectivity index (χ1) is 13.6. The number of ether oxygens (including phenoxy) is 1. The number of nitrogens with zero attached hydrogens (tertiary/aromatic N) is 3. The summed E-state index contributed by atoms with van der Waals surface area (Å²) >= 11 is 0. The second-order valence-corrected chi connectivity index (χ2v) is 7.17. The van der Waals surface area contributed by atoms with E-state index in [2.05, 4.69) is 28.4 Å². The Labute approximate surface area is 164 Å². The summed E-state index contributed by atoms with van der Waals surface area (Å²) in [5.74, 6) is 2.11. The van der Waals surface area contributed by atoms with Crippen molar-refractivity contribution in [1.82, 2.24) is 14.8 Å². The number of anilines is 1. The molecule has 0 spiro atoms. The maximum Gasteiger partial charge on any atom is 0.249 e. The minimum Gasteiger partial charge on any atom is -0.496 e. The molecular formula is C22H24N4O2. The molecule has 144 valence electrons. The number of aryl methyl sites for hydroxylation is 2. The fourth-order valence-corrected chi connectivity index (χ4v) is 3.77. The number of hydrogen-bond acceptors (Lipinski definition) is 4. The average molecular weight is 376 g/mol. The Balaban J connectivity index is 1.57. The van der Waals surface area contributed by atoms with Gasteiger partial charge < -0.3 is 4.74 Å². The third-order valence-electron chi connectivity index (χ3n) is 5.09. The monoisotopic (exact) mass is 376 g/mol. The molecule has 6 nitrogen and oxygen atoms in total. The van der Waals surface area contributed by atoms with Crippen molar-refractivity contribution < 1.29 is 9.53 Å². The molecule has 28 heavy (non-hydrogen) atoms. The molecule has 1 aromatic heterocycles. The molecule has 0 fully saturated rings. The molecule has 1 aliphatic rings. The van der Waals surface area contributed by atoms with Gasteiger partial charge in [-0.1, -0.05) is 48.0 Å². The first-order valence-corrected chi connectivity index (χ1v) is 9.57. The van der Waals surface area contributed by atoms with Crippen molar-refractivity contribution in [3.63, 3.8) is 0 Å². The zero-order chi connectivity index (χ0) is 19.5. The van der Waals surface area contributed by atoms with Gasteiger partial charge in [-0.3, -0.25) is 10.1 Å². The maximum absolute atomic E-state index is 12.4. The van der Waals surface area contributed by atoms with Crippen molar-refractivity contribution in [1.29, 1.82) is 0 Å². The molecule has 2 heterocycles. The van der Waals surface area contributed by atoms with E-state index in [0.717, 1.165) is 42.1 Å². The molecule has 0 radical (unpaired) electrons. The van der Waals surface area contributed by atoms with Gasteiger partial charge in [-0.2, -0.15) is 4.98 Å². The Morgan fingerprint density at radius 2 is 2.07 bits per heavy atom.